The number of anilines is 1. The zero-order valence-corrected chi connectivity index (χ0v) is 13.0. The van der Waals surface area contributed by atoms with Crippen molar-refractivity contribution >= 4 is 16.0 Å². The highest BCUT2D eigenvalue weighted by Crippen LogP contribution is 2.08. The minimum atomic E-state index is -3.49. The highest BCUT2D eigenvalue weighted by Gasteiger charge is 2.14. The molecule has 0 aliphatic heterocycles. The van der Waals surface area contributed by atoms with E-state index in [0.717, 1.165) is 38.6 Å². The van der Waals surface area contributed by atoms with Crippen LogP contribution in [0, 0.1) is 0 Å². The summed E-state index contributed by atoms with van der Waals surface area (Å²) in [4.78, 5) is 8.10. The van der Waals surface area contributed by atoms with Crippen molar-refractivity contribution in [2.24, 2.45) is 0 Å². The van der Waals surface area contributed by atoms with Gasteiger partial charge in [0.25, 0.3) is 0 Å². The summed E-state index contributed by atoms with van der Waals surface area (Å²) < 4.78 is 26.5. The summed E-state index contributed by atoms with van der Waals surface area (Å²) in [7, 11) is -3.49. The molecule has 0 saturated carbocycles. The Kier molecular flexibility index (Phi) is 7.46. The van der Waals surface area contributed by atoms with Gasteiger partial charge in [0, 0.05) is 13.1 Å². The first-order chi connectivity index (χ1) is 9.60. The van der Waals surface area contributed by atoms with Gasteiger partial charge in [-0.2, -0.15) is 0 Å². The topological polar surface area (TPSA) is 84.0 Å². The van der Waals surface area contributed by atoms with Crippen LogP contribution >= 0.6 is 0 Å². The van der Waals surface area contributed by atoms with Crippen molar-refractivity contribution in [3.63, 3.8) is 0 Å². The number of aromatic nitrogens is 2. The lowest BCUT2D eigenvalue weighted by Gasteiger charge is -2.07. The number of rotatable bonds is 10. The lowest BCUT2D eigenvalue weighted by atomic mass is 10.2. The van der Waals surface area contributed by atoms with Crippen LogP contribution in [0.2, 0.25) is 0 Å². The molecule has 1 aromatic rings. The predicted molar refractivity (Wildman–Crippen MR) is 80.1 cm³/mol. The van der Waals surface area contributed by atoms with Crippen LogP contribution in [0.4, 0.5) is 5.95 Å². The van der Waals surface area contributed by atoms with E-state index in [4.69, 9.17) is 0 Å². The van der Waals surface area contributed by atoms with Gasteiger partial charge in [-0.05, 0) is 12.8 Å². The normalized spacial score (nSPS) is 11.5. The van der Waals surface area contributed by atoms with Crippen molar-refractivity contribution in [3.8, 4) is 0 Å². The fraction of sp³-hybridized carbons (Fsp3) is 0.692. The van der Waals surface area contributed by atoms with Gasteiger partial charge in [-0.15, -0.1) is 0 Å². The first-order valence-electron chi connectivity index (χ1n) is 7.15. The van der Waals surface area contributed by atoms with Gasteiger partial charge in [0.05, 0.1) is 12.4 Å². The van der Waals surface area contributed by atoms with Crippen LogP contribution in [0.5, 0.6) is 0 Å². The molecule has 20 heavy (non-hydrogen) atoms. The van der Waals surface area contributed by atoms with Crippen LogP contribution in [0.1, 0.15) is 46.0 Å². The molecule has 1 heterocycles. The number of sulfonamides is 1. The molecule has 0 radical (unpaired) electrons. The standard InChI is InChI=1S/C13H24N4O2S/c1-3-5-6-7-9-17-20(18,19)12-10-15-13(16-11-12)14-8-4-2/h10-11,17H,3-9H2,1-2H3,(H,14,15,16). The summed E-state index contributed by atoms with van der Waals surface area (Å²) in [6, 6.07) is 0. The fourth-order valence-corrected chi connectivity index (χ4v) is 2.59. The molecule has 0 fully saturated rings. The van der Waals surface area contributed by atoms with E-state index >= 15 is 0 Å². The lowest BCUT2D eigenvalue weighted by Crippen LogP contribution is -2.25. The van der Waals surface area contributed by atoms with Gasteiger partial charge < -0.3 is 5.32 Å². The maximum Gasteiger partial charge on any atom is 0.243 e. The molecule has 6 nitrogen and oxygen atoms in total. The maximum absolute atomic E-state index is 12.0. The minimum Gasteiger partial charge on any atom is -0.354 e. The zero-order chi connectivity index (χ0) is 14.8. The Morgan fingerprint density at radius 3 is 2.30 bits per heavy atom. The quantitative estimate of drug-likeness (QED) is 0.647. The Hall–Kier alpha value is -1.21. The van der Waals surface area contributed by atoms with Gasteiger partial charge >= 0.3 is 0 Å². The molecule has 0 atom stereocenters. The average molecular weight is 300 g/mol. The molecule has 0 unspecified atom stereocenters. The first kappa shape index (κ1) is 16.8. The Balaban J connectivity index is 2.50. The molecule has 0 aromatic carbocycles. The van der Waals surface area contributed by atoms with Crippen molar-refractivity contribution in [1.29, 1.82) is 0 Å². The highest BCUT2D eigenvalue weighted by molar-refractivity contribution is 7.89. The van der Waals surface area contributed by atoms with Crippen molar-refractivity contribution in [3.05, 3.63) is 12.4 Å². The molecule has 0 aliphatic rings. The zero-order valence-electron chi connectivity index (χ0n) is 12.2. The molecule has 0 saturated heterocycles. The molecule has 0 amide bonds. The summed E-state index contributed by atoms with van der Waals surface area (Å²) in [5, 5.41) is 3.00. The molecule has 2 N–H and O–H groups in total. The Morgan fingerprint density at radius 1 is 1.00 bits per heavy atom. The van der Waals surface area contributed by atoms with Gasteiger partial charge in [-0.25, -0.2) is 23.1 Å². The monoisotopic (exact) mass is 300 g/mol. The highest BCUT2D eigenvalue weighted by atomic mass is 32.2. The van der Waals surface area contributed by atoms with Gasteiger partial charge in [0.1, 0.15) is 4.90 Å². The van der Waals surface area contributed by atoms with Gasteiger partial charge in [0.15, 0.2) is 0 Å². The smallest absolute Gasteiger partial charge is 0.243 e. The van der Waals surface area contributed by atoms with Crippen LogP contribution in [0.3, 0.4) is 0 Å². The van der Waals surface area contributed by atoms with Gasteiger partial charge in [-0.1, -0.05) is 33.1 Å². The van der Waals surface area contributed by atoms with Crippen LogP contribution in [-0.2, 0) is 10.0 Å². The van der Waals surface area contributed by atoms with E-state index in [0.29, 0.717) is 12.5 Å². The van der Waals surface area contributed by atoms with Crippen LogP contribution in [0.25, 0.3) is 0 Å². The lowest BCUT2D eigenvalue weighted by molar-refractivity contribution is 0.573. The Bertz CT molecular complexity index is 474. The Labute approximate surface area is 121 Å². The van der Waals surface area contributed by atoms with E-state index in [1.165, 1.54) is 12.4 Å². The molecule has 0 bridgehead atoms. The largest absolute Gasteiger partial charge is 0.354 e. The predicted octanol–water partition coefficient (Wildman–Crippen LogP) is 2.16. The van der Waals surface area contributed by atoms with Gasteiger partial charge in [0.2, 0.25) is 16.0 Å². The summed E-state index contributed by atoms with van der Waals surface area (Å²) in [5.74, 6) is 0.453. The molecule has 1 aromatic heterocycles. The summed E-state index contributed by atoms with van der Waals surface area (Å²) in [5.41, 5.74) is 0. The first-order valence-corrected chi connectivity index (χ1v) is 8.64. The third-order valence-electron chi connectivity index (χ3n) is 2.79. The van der Waals surface area contributed by atoms with Crippen molar-refractivity contribution in [2.75, 3.05) is 18.4 Å². The Morgan fingerprint density at radius 2 is 1.70 bits per heavy atom. The average Bonchev–Trinajstić information content (AvgIpc) is 2.45. The third kappa shape index (κ3) is 5.83. The number of hydrogen-bond donors (Lipinski definition) is 2. The SMILES string of the molecule is CCCCCCNS(=O)(=O)c1cnc(NCCC)nc1. The summed E-state index contributed by atoms with van der Waals surface area (Å²) >= 11 is 0. The van der Waals surface area contributed by atoms with Crippen molar-refractivity contribution in [1.82, 2.24) is 14.7 Å². The van der Waals surface area contributed by atoms with Crippen molar-refractivity contribution < 1.29 is 8.42 Å². The summed E-state index contributed by atoms with van der Waals surface area (Å²) in [6.45, 7) is 5.38. The number of nitrogens with one attached hydrogen (secondary N) is 2. The fourth-order valence-electron chi connectivity index (χ4n) is 1.62. The number of unbranched alkanes of at least 4 members (excludes halogenated alkanes) is 3. The third-order valence-corrected chi connectivity index (χ3v) is 4.21. The molecular weight excluding hydrogens is 276 g/mol. The second-order valence-electron chi connectivity index (χ2n) is 4.63. The van der Waals surface area contributed by atoms with E-state index in [2.05, 4.69) is 26.9 Å². The van der Waals surface area contributed by atoms with E-state index in [1.54, 1.807) is 0 Å². The van der Waals surface area contributed by atoms with E-state index < -0.39 is 10.0 Å². The molecule has 1 rings (SSSR count). The maximum atomic E-state index is 12.0. The molecule has 7 heteroatoms. The second kappa shape index (κ2) is 8.86. The van der Waals surface area contributed by atoms with Crippen LogP contribution < -0.4 is 10.0 Å². The molecule has 0 aliphatic carbocycles. The van der Waals surface area contributed by atoms with Crippen LogP contribution in [0.15, 0.2) is 17.3 Å². The molecule has 114 valence electrons. The summed E-state index contributed by atoms with van der Waals surface area (Å²) in [6.07, 6.45) is 7.77. The van der Waals surface area contributed by atoms with E-state index in [9.17, 15) is 8.42 Å². The number of hydrogen-bond acceptors (Lipinski definition) is 5. The minimum absolute atomic E-state index is 0.107. The van der Waals surface area contributed by atoms with E-state index in [1.807, 2.05) is 6.92 Å². The van der Waals surface area contributed by atoms with Gasteiger partial charge in [-0.3, -0.25) is 0 Å². The second-order valence-corrected chi connectivity index (χ2v) is 6.39. The number of nitrogens with zero attached hydrogens (tertiary/aromatic N) is 2. The van der Waals surface area contributed by atoms with E-state index in [-0.39, 0.29) is 4.90 Å². The molecular formula is C13H24N4O2S. The van der Waals surface area contributed by atoms with Crippen LogP contribution in [-0.4, -0.2) is 31.5 Å². The van der Waals surface area contributed by atoms with Crippen molar-refractivity contribution in [2.45, 2.75) is 50.8 Å². The molecule has 0 spiro atoms.